The minimum atomic E-state index is -0.883. The fourth-order valence-electron chi connectivity index (χ4n) is 2.73. The maximum Gasteiger partial charge on any atom is 0.245 e. The first-order valence-corrected chi connectivity index (χ1v) is 10.8. The van der Waals surface area contributed by atoms with Crippen molar-refractivity contribution in [1.82, 2.24) is 5.43 Å². The number of rotatable bonds is 7. The molecule has 1 heterocycles. The Morgan fingerprint density at radius 2 is 1.93 bits per heavy atom. The number of halogens is 3. The molecule has 2 aromatic rings. The molecule has 0 bridgehead atoms. The van der Waals surface area contributed by atoms with Crippen LogP contribution in [0.2, 0.25) is 5.02 Å². The Balaban J connectivity index is 1.59. The number of benzene rings is 2. The molecule has 0 radical (unpaired) electrons. The van der Waals surface area contributed by atoms with Crippen molar-refractivity contribution in [2.24, 2.45) is 5.10 Å². The van der Waals surface area contributed by atoms with Gasteiger partial charge in [-0.15, -0.1) is 0 Å². The van der Waals surface area contributed by atoms with E-state index in [4.69, 9.17) is 25.8 Å². The minimum Gasteiger partial charge on any atom is -0.486 e. The lowest BCUT2D eigenvalue weighted by atomic mass is 10.2. The van der Waals surface area contributed by atoms with E-state index in [9.17, 15) is 4.79 Å². The molecular weight excluding hydrogens is 527 g/mol. The van der Waals surface area contributed by atoms with Crippen LogP contribution in [0.25, 0.3) is 0 Å². The standard InChI is InChI=1S/C20H19Br2ClN2O4/c1-20(28-6-7-29-20)10-18(26)25-24-11-13-8-15(21)19(16(22)9-13)27-12-14-4-2-3-5-17(14)23/h2-5,8-9,11H,6-7,10,12H2,1H3,(H,25,26)/b24-11-. The lowest BCUT2D eigenvalue weighted by Gasteiger charge is -2.20. The van der Waals surface area contributed by atoms with Gasteiger partial charge in [0.05, 0.1) is 34.8 Å². The average Bonchev–Trinajstić information content (AvgIpc) is 3.08. The van der Waals surface area contributed by atoms with E-state index in [0.717, 1.165) is 20.1 Å². The molecule has 1 N–H and O–H groups in total. The summed E-state index contributed by atoms with van der Waals surface area (Å²) in [5, 5.41) is 4.65. The van der Waals surface area contributed by atoms with E-state index in [1.807, 2.05) is 36.4 Å². The van der Waals surface area contributed by atoms with E-state index >= 15 is 0 Å². The predicted octanol–water partition coefficient (Wildman–Crippen LogP) is 5.05. The van der Waals surface area contributed by atoms with E-state index in [0.29, 0.717) is 30.6 Å². The third-order valence-corrected chi connectivity index (χ3v) is 5.68. The summed E-state index contributed by atoms with van der Waals surface area (Å²) in [5.41, 5.74) is 4.15. The third kappa shape index (κ3) is 6.26. The largest absolute Gasteiger partial charge is 0.486 e. The van der Waals surface area contributed by atoms with E-state index < -0.39 is 5.79 Å². The fourth-order valence-corrected chi connectivity index (χ4v) is 4.37. The highest BCUT2D eigenvalue weighted by molar-refractivity contribution is 9.11. The number of amides is 1. The maximum absolute atomic E-state index is 12.0. The molecule has 1 amide bonds. The van der Waals surface area contributed by atoms with Crippen molar-refractivity contribution in [3.63, 3.8) is 0 Å². The van der Waals surface area contributed by atoms with Gasteiger partial charge in [-0.05, 0) is 62.5 Å². The smallest absolute Gasteiger partial charge is 0.245 e. The molecule has 29 heavy (non-hydrogen) atoms. The van der Waals surface area contributed by atoms with Crippen molar-refractivity contribution >= 4 is 55.6 Å². The second kappa shape index (κ2) is 10.0. The van der Waals surface area contributed by atoms with Gasteiger partial charge in [0.25, 0.3) is 0 Å². The summed E-state index contributed by atoms with van der Waals surface area (Å²) >= 11 is 13.2. The highest BCUT2D eigenvalue weighted by Gasteiger charge is 2.33. The van der Waals surface area contributed by atoms with E-state index in [1.165, 1.54) is 0 Å². The molecule has 1 aliphatic heterocycles. The molecule has 0 unspecified atom stereocenters. The third-order valence-electron chi connectivity index (χ3n) is 4.13. The molecule has 2 aromatic carbocycles. The quantitative estimate of drug-likeness (QED) is 0.390. The number of nitrogens with one attached hydrogen (secondary N) is 1. The van der Waals surface area contributed by atoms with Crippen LogP contribution in [0.15, 0.2) is 50.4 Å². The SMILES string of the molecule is CC1(CC(=O)N/N=C\c2cc(Br)c(OCc3ccccc3Cl)c(Br)c2)OCCO1. The van der Waals surface area contributed by atoms with Gasteiger partial charge in [0, 0.05) is 10.6 Å². The molecule has 3 rings (SSSR count). The Hall–Kier alpha value is -1.45. The summed E-state index contributed by atoms with van der Waals surface area (Å²) in [7, 11) is 0. The Bertz CT molecular complexity index is 894. The second-order valence-corrected chi connectivity index (χ2v) is 8.61. The molecular formula is C20H19Br2ClN2O4. The Morgan fingerprint density at radius 1 is 1.28 bits per heavy atom. The van der Waals surface area contributed by atoms with Crippen LogP contribution in [0, 0.1) is 0 Å². The lowest BCUT2D eigenvalue weighted by Crippen LogP contribution is -2.33. The van der Waals surface area contributed by atoms with E-state index in [1.54, 1.807) is 13.1 Å². The van der Waals surface area contributed by atoms with Gasteiger partial charge in [0.15, 0.2) is 5.79 Å². The van der Waals surface area contributed by atoms with Gasteiger partial charge < -0.3 is 14.2 Å². The van der Waals surface area contributed by atoms with Crippen LogP contribution in [-0.4, -0.2) is 31.1 Å². The van der Waals surface area contributed by atoms with Gasteiger partial charge in [0.2, 0.25) is 5.91 Å². The van der Waals surface area contributed by atoms with Crippen molar-refractivity contribution < 1.29 is 19.0 Å². The highest BCUT2D eigenvalue weighted by Crippen LogP contribution is 2.35. The number of carbonyl (C=O) groups is 1. The first-order chi connectivity index (χ1) is 13.9. The number of carbonyl (C=O) groups excluding carboxylic acids is 1. The van der Waals surface area contributed by atoms with E-state index in [-0.39, 0.29) is 12.3 Å². The van der Waals surface area contributed by atoms with Gasteiger partial charge >= 0.3 is 0 Å². The van der Waals surface area contributed by atoms with Crippen LogP contribution in [0.4, 0.5) is 0 Å². The van der Waals surface area contributed by atoms with Crippen LogP contribution in [0.1, 0.15) is 24.5 Å². The molecule has 0 spiro atoms. The van der Waals surface area contributed by atoms with Gasteiger partial charge in [0.1, 0.15) is 12.4 Å². The normalized spacial score (nSPS) is 15.6. The zero-order valence-corrected chi connectivity index (χ0v) is 19.5. The number of hydrogen-bond acceptors (Lipinski definition) is 5. The Labute approximate surface area is 190 Å². The number of ether oxygens (including phenoxy) is 3. The zero-order chi connectivity index (χ0) is 20.9. The lowest BCUT2D eigenvalue weighted by molar-refractivity contribution is -0.159. The van der Waals surface area contributed by atoms with Crippen LogP contribution in [0.3, 0.4) is 0 Å². The minimum absolute atomic E-state index is 0.0759. The molecule has 1 aliphatic rings. The Morgan fingerprint density at radius 3 is 2.59 bits per heavy atom. The number of nitrogens with zero attached hydrogens (tertiary/aromatic N) is 1. The fraction of sp³-hybridized carbons (Fsp3) is 0.300. The topological polar surface area (TPSA) is 69.2 Å². The van der Waals surface area contributed by atoms with Crippen LogP contribution in [0.5, 0.6) is 5.75 Å². The Kier molecular flexibility index (Phi) is 7.70. The summed E-state index contributed by atoms with van der Waals surface area (Å²) in [6.07, 6.45) is 1.62. The molecule has 1 saturated heterocycles. The predicted molar refractivity (Wildman–Crippen MR) is 118 cm³/mol. The zero-order valence-electron chi connectivity index (χ0n) is 15.6. The van der Waals surface area contributed by atoms with Gasteiger partial charge in [-0.25, -0.2) is 5.43 Å². The van der Waals surface area contributed by atoms with Crippen molar-refractivity contribution in [3.05, 3.63) is 61.5 Å². The average molecular weight is 547 g/mol. The molecule has 0 aliphatic carbocycles. The second-order valence-electron chi connectivity index (χ2n) is 6.49. The first-order valence-electron chi connectivity index (χ1n) is 8.81. The van der Waals surface area contributed by atoms with Gasteiger partial charge in [-0.2, -0.15) is 5.10 Å². The van der Waals surface area contributed by atoms with Crippen LogP contribution >= 0.6 is 43.5 Å². The van der Waals surface area contributed by atoms with Crippen LogP contribution < -0.4 is 10.2 Å². The number of hydrazone groups is 1. The van der Waals surface area contributed by atoms with E-state index in [2.05, 4.69) is 42.4 Å². The first kappa shape index (κ1) is 22.2. The van der Waals surface area contributed by atoms with Crippen molar-refractivity contribution in [2.75, 3.05) is 13.2 Å². The van der Waals surface area contributed by atoms with Crippen molar-refractivity contribution in [3.8, 4) is 5.75 Å². The summed E-state index contributed by atoms with van der Waals surface area (Å²) in [6.45, 7) is 3.04. The molecule has 0 saturated carbocycles. The highest BCUT2D eigenvalue weighted by atomic mass is 79.9. The number of hydrogen-bond donors (Lipinski definition) is 1. The maximum atomic E-state index is 12.0. The molecule has 1 fully saturated rings. The molecule has 6 nitrogen and oxygen atoms in total. The van der Waals surface area contributed by atoms with Crippen LogP contribution in [-0.2, 0) is 20.9 Å². The summed E-state index contributed by atoms with van der Waals surface area (Å²) in [4.78, 5) is 12.0. The molecule has 0 aromatic heterocycles. The van der Waals surface area contributed by atoms with Crippen molar-refractivity contribution in [2.45, 2.75) is 25.7 Å². The molecule has 9 heteroatoms. The monoisotopic (exact) mass is 544 g/mol. The summed E-state index contributed by atoms with van der Waals surface area (Å²) in [6, 6.07) is 11.2. The van der Waals surface area contributed by atoms with Crippen molar-refractivity contribution in [1.29, 1.82) is 0 Å². The van der Waals surface area contributed by atoms with Gasteiger partial charge in [-0.3, -0.25) is 4.79 Å². The van der Waals surface area contributed by atoms with Gasteiger partial charge in [-0.1, -0.05) is 29.8 Å². The molecule has 0 atom stereocenters. The molecule has 154 valence electrons. The summed E-state index contributed by atoms with van der Waals surface area (Å²) < 4.78 is 18.2. The summed E-state index contributed by atoms with van der Waals surface area (Å²) in [5.74, 6) is -0.523.